The van der Waals surface area contributed by atoms with Crippen molar-refractivity contribution >= 4 is 27.4 Å². The smallest absolute Gasteiger partial charge is 0.348 e. The molecule has 0 bridgehead atoms. The molecule has 26 heavy (non-hydrogen) atoms. The monoisotopic (exact) mass is 375 g/mol. The number of esters is 1. The third-order valence-corrected chi connectivity index (χ3v) is 5.14. The van der Waals surface area contributed by atoms with Crippen molar-refractivity contribution in [2.45, 2.75) is 11.0 Å². The number of ether oxygens (including phenoxy) is 2. The third kappa shape index (κ3) is 3.41. The zero-order valence-electron chi connectivity index (χ0n) is 14.2. The molecular weight excluding hydrogens is 358 g/mol. The zero-order valence-corrected chi connectivity index (χ0v) is 15.0. The van der Waals surface area contributed by atoms with Crippen LogP contribution < -0.4 is 9.64 Å². The van der Waals surface area contributed by atoms with Crippen LogP contribution in [0, 0.1) is 0 Å². The predicted molar refractivity (Wildman–Crippen MR) is 94.1 cm³/mol. The molecule has 1 aliphatic rings. The molecule has 1 atom stereocenters. The number of methoxy groups -OCH3 is 1. The topological polar surface area (TPSA) is 90.0 Å². The number of amides is 1. The van der Waals surface area contributed by atoms with Crippen LogP contribution in [0.5, 0.6) is 5.75 Å². The Morgan fingerprint density at radius 1 is 1.12 bits per heavy atom. The minimum atomic E-state index is -3.35. The molecule has 2 aromatic carbocycles. The Labute approximate surface area is 151 Å². The second-order valence-electron chi connectivity index (χ2n) is 5.81. The van der Waals surface area contributed by atoms with Gasteiger partial charge in [-0.3, -0.25) is 4.79 Å². The second-order valence-corrected chi connectivity index (χ2v) is 7.83. The minimum Gasteiger partial charge on any atom is -0.475 e. The number of nitrogens with zero attached hydrogens (tertiary/aromatic N) is 1. The lowest BCUT2D eigenvalue weighted by atomic mass is 10.1. The minimum absolute atomic E-state index is 0.00362. The first-order chi connectivity index (χ1) is 12.3. The van der Waals surface area contributed by atoms with Crippen LogP contribution in [0.25, 0.3) is 0 Å². The van der Waals surface area contributed by atoms with E-state index in [0.29, 0.717) is 17.0 Å². The van der Waals surface area contributed by atoms with Crippen molar-refractivity contribution in [3.8, 4) is 5.75 Å². The first-order valence-electron chi connectivity index (χ1n) is 7.77. The van der Waals surface area contributed by atoms with Crippen molar-refractivity contribution < 1.29 is 27.5 Å². The molecule has 0 aliphatic carbocycles. The fourth-order valence-electron chi connectivity index (χ4n) is 2.68. The van der Waals surface area contributed by atoms with E-state index >= 15 is 0 Å². The fourth-order valence-corrected chi connectivity index (χ4v) is 3.31. The lowest BCUT2D eigenvalue weighted by Crippen LogP contribution is -2.47. The predicted octanol–water partition coefficient (Wildman–Crippen LogP) is 1.67. The van der Waals surface area contributed by atoms with Gasteiger partial charge in [-0.25, -0.2) is 13.2 Å². The normalized spacial score (nSPS) is 16.4. The van der Waals surface area contributed by atoms with E-state index < -0.39 is 21.9 Å². The zero-order chi connectivity index (χ0) is 18.9. The van der Waals surface area contributed by atoms with E-state index in [1.165, 1.54) is 36.3 Å². The van der Waals surface area contributed by atoms with Gasteiger partial charge >= 0.3 is 5.97 Å². The summed E-state index contributed by atoms with van der Waals surface area (Å²) in [6, 6.07) is 12.5. The number of hydrogen-bond acceptors (Lipinski definition) is 6. The largest absolute Gasteiger partial charge is 0.475 e. The van der Waals surface area contributed by atoms with Gasteiger partial charge in [0.15, 0.2) is 9.84 Å². The fraction of sp³-hybridized carbons (Fsp3) is 0.222. The van der Waals surface area contributed by atoms with Gasteiger partial charge < -0.3 is 14.4 Å². The van der Waals surface area contributed by atoms with Crippen LogP contribution >= 0.6 is 0 Å². The molecule has 0 aromatic heterocycles. The molecule has 0 saturated carbocycles. The van der Waals surface area contributed by atoms with Crippen molar-refractivity contribution in [1.82, 2.24) is 0 Å². The highest BCUT2D eigenvalue weighted by molar-refractivity contribution is 7.90. The van der Waals surface area contributed by atoms with Gasteiger partial charge in [-0.1, -0.05) is 12.1 Å². The molecule has 7 nitrogen and oxygen atoms in total. The summed E-state index contributed by atoms with van der Waals surface area (Å²) in [6.07, 6.45) is 0.164. The Kier molecular flexibility index (Phi) is 4.69. The number of para-hydroxylation sites is 2. The maximum absolute atomic E-state index is 12.9. The average Bonchev–Trinajstić information content (AvgIpc) is 2.65. The van der Waals surface area contributed by atoms with Crippen molar-refractivity contribution in [2.75, 3.05) is 24.8 Å². The molecular formula is C18H17NO6S. The Morgan fingerprint density at radius 2 is 1.77 bits per heavy atom. The molecule has 0 fully saturated rings. The van der Waals surface area contributed by atoms with E-state index in [-0.39, 0.29) is 17.3 Å². The number of carbonyl (C=O) groups excluding carboxylic acids is 2. The van der Waals surface area contributed by atoms with E-state index in [4.69, 9.17) is 9.47 Å². The quantitative estimate of drug-likeness (QED) is 0.758. The summed E-state index contributed by atoms with van der Waals surface area (Å²) in [5, 5.41) is 0. The van der Waals surface area contributed by atoms with E-state index in [0.717, 1.165) is 6.26 Å². The molecule has 0 N–H and O–H groups in total. The summed E-state index contributed by atoms with van der Waals surface area (Å²) >= 11 is 0. The molecule has 0 saturated heterocycles. The average molecular weight is 375 g/mol. The van der Waals surface area contributed by atoms with Crippen LogP contribution in [-0.2, 0) is 19.4 Å². The Hall–Kier alpha value is -2.87. The van der Waals surface area contributed by atoms with Crippen molar-refractivity contribution in [1.29, 1.82) is 0 Å². The Bertz CT molecular complexity index is 952. The summed E-state index contributed by atoms with van der Waals surface area (Å²) in [6.45, 7) is -0.00362. The van der Waals surface area contributed by atoms with E-state index in [9.17, 15) is 18.0 Å². The molecule has 2 aromatic rings. The van der Waals surface area contributed by atoms with Crippen LogP contribution in [0.1, 0.15) is 10.4 Å². The molecule has 0 unspecified atom stereocenters. The summed E-state index contributed by atoms with van der Waals surface area (Å²) in [5.74, 6) is -0.547. The third-order valence-electron chi connectivity index (χ3n) is 4.01. The number of anilines is 1. The first kappa shape index (κ1) is 17.9. The van der Waals surface area contributed by atoms with Gasteiger partial charge in [0.25, 0.3) is 5.91 Å². The number of rotatable bonds is 3. The summed E-state index contributed by atoms with van der Waals surface area (Å²) < 4.78 is 33.5. The van der Waals surface area contributed by atoms with Gasteiger partial charge in [-0.2, -0.15) is 0 Å². The maximum Gasteiger partial charge on any atom is 0.348 e. The van der Waals surface area contributed by atoms with E-state index in [1.54, 1.807) is 24.3 Å². The molecule has 136 valence electrons. The van der Waals surface area contributed by atoms with Gasteiger partial charge in [-0.05, 0) is 36.4 Å². The Morgan fingerprint density at radius 3 is 2.38 bits per heavy atom. The number of carbonyl (C=O) groups is 2. The molecule has 3 rings (SSSR count). The van der Waals surface area contributed by atoms with Crippen LogP contribution in [0.3, 0.4) is 0 Å². The van der Waals surface area contributed by atoms with E-state index in [2.05, 4.69) is 0 Å². The highest BCUT2D eigenvalue weighted by Crippen LogP contribution is 2.34. The number of hydrogen-bond donors (Lipinski definition) is 0. The van der Waals surface area contributed by atoms with Crippen molar-refractivity contribution in [3.63, 3.8) is 0 Å². The molecule has 8 heteroatoms. The van der Waals surface area contributed by atoms with Crippen molar-refractivity contribution in [2.24, 2.45) is 0 Å². The summed E-state index contributed by atoms with van der Waals surface area (Å²) in [7, 11) is -2.10. The van der Waals surface area contributed by atoms with Crippen LogP contribution in [0.15, 0.2) is 53.4 Å². The Balaban J connectivity index is 1.96. The maximum atomic E-state index is 12.9. The van der Waals surface area contributed by atoms with Crippen LogP contribution in [-0.4, -0.2) is 46.3 Å². The van der Waals surface area contributed by atoms with Gasteiger partial charge in [0.05, 0.1) is 24.2 Å². The lowest BCUT2D eigenvalue weighted by molar-refractivity contribution is -0.148. The standard InChI is InChI=1S/C18H17NO6S/c1-24-18(21)16-11-19(14-5-3-4-6-15(14)25-16)17(20)12-7-9-13(10-8-12)26(2,22)23/h3-10,16H,11H2,1-2H3/t16-/m1/s1. The SMILES string of the molecule is COC(=O)[C@H]1CN(C(=O)c2ccc(S(C)(=O)=O)cc2)c2ccccc2O1. The highest BCUT2D eigenvalue weighted by atomic mass is 32.2. The highest BCUT2D eigenvalue weighted by Gasteiger charge is 2.34. The molecule has 1 aliphatic heterocycles. The van der Waals surface area contributed by atoms with Crippen molar-refractivity contribution in [3.05, 3.63) is 54.1 Å². The molecule has 1 heterocycles. The van der Waals surface area contributed by atoms with Gasteiger partial charge in [0.2, 0.25) is 6.10 Å². The lowest BCUT2D eigenvalue weighted by Gasteiger charge is -2.33. The number of fused-ring (bicyclic) bond motifs is 1. The van der Waals surface area contributed by atoms with Crippen LogP contribution in [0.2, 0.25) is 0 Å². The first-order valence-corrected chi connectivity index (χ1v) is 9.66. The summed E-state index contributed by atoms with van der Waals surface area (Å²) in [4.78, 5) is 26.4. The van der Waals surface area contributed by atoms with Crippen LogP contribution in [0.4, 0.5) is 5.69 Å². The van der Waals surface area contributed by atoms with Gasteiger partial charge in [-0.15, -0.1) is 0 Å². The van der Waals surface area contributed by atoms with E-state index in [1.807, 2.05) is 0 Å². The number of sulfone groups is 1. The molecule has 0 spiro atoms. The van der Waals surface area contributed by atoms with Gasteiger partial charge in [0.1, 0.15) is 5.75 Å². The second kappa shape index (κ2) is 6.80. The van der Waals surface area contributed by atoms with Gasteiger partial charge in [0, 0.05) is 11.8 Å². The number of benzene rings is 2. The summed E-state index contributed by atoms with van der Waals surface area (Å²) in [5.41, 5.74) is 0.836. The molecule has 1 amide bonds. The molecule has 0 radical (unpaired) electrons.